The fraction of sp³-hybridized carbons (Fsp3) is 0.360. The van der Waals surface area contributed by atoms with Gasteiger partial charge in [0.05, 0.1) is 18.6 Å². The molecule has 3 aromatic rings. The molecule has 2 aromatic carbocycles. The number of carbonyl (C=O) groups is 1. The summed E-state index contributed by atoms with van der Waals surface area (Å²) in [4.78, 5) is 21.9. The second-order valence-corrected chi connectivity index (χ2v) is 8.22. The highest BCUT2D eigenvalue weighted by Crippen LogP contribution is 2.28. The Balaban J connectivity index is 0.00000289. The summed E-state index contributed by atoms with van der Waals surface area (Å²) < 4.78 is 2.10. The Bertz CT molecular complexity index is 970. The summed E-state index contributed by atoms with van der Waals surface area (Å²) in [6, 6.07) is 20.8. The smallest absolute Gasteiger partial charge is 0.234 e. The van der Waals surface area contributed by atoms with Gasteiger partial charge in [0.2, 0.25) is 5.91 Å². The number of nitrogens with one attached hydrogen (secondary N) is 1. The van der Waals surface area contributed by atoms with Crippen LogP contribution in [0.15, 0.2) is 73.1 Å². The minimum atomic E-state index is 0. The second-order valence-electron chi connectivity index (χ2n) is 8.22. The van der Waals surface area contributed by atoms with Crippen molar-refractivity contribution in [3.05, 3.63) is 90.0 Å². The van der Waals surface area contributed by atoms with E-state index in [2.05, 4.69) is 48.9 Å². The molecule has 1 N–H and O–H groups in total. The van der Waals surface area contributed by atoms with Crippen LogP contribution in [0, 0.1) is 0 Å². The Labute approximate surface area is 196 Å². The third-order valence-electron chi connectivity index (χ3n) is 6.03. The second kappa shape index (κ2) is 11.3. The summed E-state index contributed by atoms with van der Waals surface area (Å²) in [5.41, 5.74) is 2.38. The van der Waals surface area contributed by atoms with Crippen LogP contribution < -0.4 is 5.32 Å². The number of amides is 1. The fourth-order valence-corrected chi connectivity index (χ4v) is 4.29. The fourth-order valence-electron chi connectivity index (χ4n) is 4.29. The predicted octanol–water partition coefficient (Wildman–Crippen LogP) is 3.43. The first-order valence-corrected chi connectivity index (χ1v) is 10.9. The lowest BCUT2D eigenvalue weighted by Crippen LogP contribution is -2.50. The van der Waals surface area contributed by atoms with Crippen LogP contribution in [0.1, 0.15) is 36.0 Å². The van der Waals surface area contributed by atoms with E-state index in [4.69, 9.17) is 0 Å². The number of rotatable bonds is 7. The van der Waals surface area contributed by atoms with Crippen molar-refractivity contribution < 1.29 is 4.79 Å². The molecule has 2 atom stereocenters. The molecule has 1 fully saturated rings. The molecular weight excluding hydrogens is 422 g/mol. The highest BCUT2D eigenvalue weighted by Gasteiger charge is 2.29. The molecule has 1 aliphatic rings. The molecule has 1 aromatic heterocycles. The SMILES string of the molecule is CC(NC(=O)CN1CCN(C(c2ccccc2)c2nccn2C)CC1)c1ccccc1.Cl. The van der Waals surface area contributed by atoms with Gasteiger partial charge in [0, 0.05) is 45.6 Å². The number of benzene rings is 2. The van der Waals surface area contributed by atoms with Crippen molar-refractivity contribution in [3.63, 3.8) is 0 Å². The average Bonchev–Trinajstić information content (AvgIpc) is 3.22. The number of nitrogens with zero attached hydrogens (tertiary/aromatic N) is 4. The van der Waals surface area contributed by atoms with Gasteiger partial charge in [0.1, 0.15) is 5.82 Å². The van der Waals surface area contributed by atoms with Crippen LogP contribution in [0.3, 0.4) is 0 Å². The van der Waals surface area contributed by atoms with Crippen molar-refractivity contribution in [2.75, 3.05) is 32.7 Å². The van der Waals surface area contributed by atoms with Crippen LogP contribution in [0.4, 0.5) is 0 Å². The number of aromatic nitrogens is 2. The first kappa shape index (κ1) is 24.0. The predicted molar refractivity (Wildman–Crippen MR) is 130 cm³/mol. The molecule has 32 heavy (non-hydrogen) atoms. The van der Waals surface area contributed by atoms with Crippen molar-refractivity contribution in [2.24, 2.45) is 7.05 Å². The summed E-state index contributed by atoms with van der Waals surface area (Å²) in [7, 11) is 2.05. The molecule has 0 aliphatic carbocycles. The average molecular weight is 454 g/mol. The lowest BCUT2D eigenvalue weighted by molar-refractivity contribution is -0.123. The Kier molecular flexibility index (Phi) is 8.45. The topological polar surface area (TPSA) is 53.4 Å². The van der Waals surface area contributed by atoms with E-state index in [-0.39, 0.29) is 30.4 Å². The first-order valence-electron chi connectivity index (χ1n) is 10.9. The Hall–Kier alpha value is -2.67. The van der Waals surface area contributed by atoms with Gasteiger partial charge in [-0.3, -0.25) is 14.6 Å². The number of halogens is 1. The first-order chi connectivity index (χ1) is 15.1. The highest BCUT2D eigenvalue weighted by molar-refractivity contribution is 5.85. The van der Waals surface area contributed by atoms with Gasteiger partial charge in [-0.2, -0.15) is 0 Å². The van der Waals surface area contributed by atoms with Crippen LogP contribution in [0.2, 0.25) is 0 Å². The standard InChI is InChI=1S/C25H31N5O.ClH/c1-20(21-9-5-3-6-10-21)27-23(31)19-29-15-17-30(18-16-29)24(22-11-7-4-8-12-22)25-26-13-14-28(25)2;/h3-14,20,24H,15-19H2,1-2H3,(H,27,31);1H. The normalized spacial score (nSPS) is 16.7. The maximum atomic E-state index is 12.6. The van der Waals surface area contributed by atoms with Gasteiger partial charge in [-0.15, -0.1) is 12.4 Å². The zero-order valence-electron chi connectivity index (χ0n) is 18.7. The van der Waals surface area contributed by atoms with Crippen LogP contribution in [-0.2, 0) is 11.8 Å². The van der Waals surface area contributed by atoms with Crippen molar-refractivity contribution in [1.82, 2.24) is 24.7 Å². The third kappa shape index (κ3) is 5.76. The number of hydrogen-bond acceptors (Lipinski definition) is 4. The molecule has 1 amide bonds. The highest BCUT2D eigenvalue weighted by atomic mass is 35.5. The number of imidazole rings is 1. The van der Waals surface area contributed by atoms with E-state index >= 15 is 0 Å². The van der Waals surface area contributed by atoms with Gasteiger partial charge >= 0.3 is 0 Å². The summed E-state index contributed by atoms with van der Waals surface area (Å²) in [5.74, 6) is 1.13. The van der Waals surface area contributed by atoms with E-state index in [0.29, 0.717) is 6.54 Å². The number of piperazine rings is 1. The monoisotopic (exact) mass is 453 g/mol. The zero-order valence-corrected chi connectivity index (χ0v) is 19.5. The van der Waals surface area contributed by atoms with Crippen LogP contribution in [0.5, 0.6) is 0 Å². The van der Waals surface area contributed by atoms with Crippen LogP contribution >= 0.6 is 12.4 Å². The minimum absolute atomic E-state index is 0. The van der Waals surface area contributed by atoms with E-state index in [1.807, 2.05) is 62.8 Å². The molecule has 4 rings (SSSR count). The van der Waals surface area contributed by atoms with Crippen LogP contribution in [-0.4, -0.2) is 58.0 Å². The van der Waals surface area contributed by atoms with Gasteiger partial charge in [-0.05, 0) is 18.1 Å². The molecule has 6 nitrogen and oxygen atoms in total. The van der Waals surface area contributed by atoms with E-state index in [1.165, 1.54) is 5.56 Å². The quantitative estimate of drug-likeness (QED) is 0.595. The van der Waals surface area contributed by atoms with Crippen molar-refractivity contribution in [1.29, 1.82) is 0 Å². The molecule has 0 saturated carbocycles. The van der Waals surface area contributed by atoms with Crippen molar-refractivity contribution in [3.8, 4) is 0 Å². The molecule has 2 unspecified atom stereocenters. The molecule has 0 radical (unpaired) electrons. The van der Waals surface area contributed by atoms with Gasteiger partial charge in [-0.25, -0.2) is 4.98 Å². The minimum Gasteiger partial charge on any atom is -0.348 e. The zero-order chi connectivity index (χ0) is 21.6. The van der Waals surface area contributed by atoms with E-state index in [9.17, 15) is 4.79 Å². The third-order valence-corrected chi connectivity index (χ3v) is 6.03. The molecule has 7 heteroatoms. The maximum absolute atomic E-state index is 12.6. The summed E-state index contributed by atoms with van der Waals surface area (Å²) >= 11 is 0. The molecule has 1 saturated heterocycles. The Morgan fingerprint density at radius 3 is 2.12 bits per heavy atom. The summed E-state index contributed by atoms with van der Waals surface area (Å²) in [5, 5.41) is 3.13. The Morgan fingerprint density at radius 1 is 0.969 bits per heavy atom. The van der Waals surface area contributed by atoms with E-state index in [1.54, 1.807) is 0 Å². The molecular formula is C25H32ClN5O. The number of hydrogen-bond donors (Lipinski definition) is 1. The number of aryl methyl sites for hydroxylation is 1. The van der Waals surface area contributed by atoms with Crippen molar-refractivity contribution in [2.45, 2.75) is 19.0 Å². The lowest BCUT2D eigenvalue weighted by atomic mass is 10.0. The largest absolute Gasteiger partial charge is 0.348 e. The molecule has 170 valence electrons. The van der Waals surface area contributed by atoms with Crippen LogP contribution in [0.25, 0.3) is 0 Å². The molecule has 0 bridgehead atoms. The van der Waals surface area contributed by atoms with Gasteiger partial charge in [0.25, 0.3) is 0 Å². The lowest BCUT2D eigenvalue weighted by Gasteiger charge is -2.39. The molecule has 1 aliphatic heterocycles. The summed E-state index contributed by atoms with van der Waals surface area (Å²) in [6.07, 6.45) is 3.86. The maximum Gasteiger partial charge on any atom is 0.234 e. The molecule has 0 spiro atoms. The van der Waals surface area contributed by atoms with Gasteiger partial charge < -0.3 is 9.88 Å². The van der Waals surface area contributed by atoms with Gasteiger partial charge in [0.15, 0.2) is 0 Å². The van der Waals surface area contributed by atoms with E-state index in [0.717, 1.165) is 37.6 Å². The molecule has 2 heterocycles. The van der Waals surface area contributed by atoms with Crippen molar-refractivity contribution >= 4 is 18.3 Å². The number of carbonyl (C=O) groups excluding carboxylic acids is 1. The Morgan fingerprint density at radius 2 is 1.56 bits per heavy atom. The van der Waals surface area contributed by atoms with Gasteiger partial charge in [-0.1, -0.05) is 60.7 Å². The summed E-state index contributed by atoms with van der Waals surface area (Å²) in [6.45, 7) is 5.98. The van der Waals surface area contributed by atoms with E-state index < -0.39 is 0 Å².